The second-order valence-corrected chi connectivity index (χ2v) is 4.95. The normalized spacial score (nSPS) is 12.4. The van der Waals surface area contributed by atoms with E-state index in [1.807, 2.05) is 23.9 Å². The van der Waals surface area contributed by atoms with Gasteiger partial charge in [-0.15, -0.1) is 0 Å². The fourth-order valence-corrected chi connectivity index (χ4v) is 2.24. The number of hydrogen-bond acceptors (Lipinski definition) is 3. The van der Waals surface area contributed by atoms with E-state index in [4.69, 9.17) is 4.74 Å². The van der Waals surface area contributed by atoms with Crippen LogP contribution in [0, 0.1) is 5.92 Å². The van der Waals surface area contributed by atoms with E-state index in [-0.39, 0.29) is 0 Å². The van der Waals surface area contributed by atoms with Gasteiger partial charge in [0.2, 0.25) is 0 Å². The summed E-state index contributed by atoms with van der Waals surface area (Å²) in [5, 5.41) is 3.47. The Labute approximate surface area is 103 Å². The SMILES string of the molecule is COc1ccc(CNCC(C)CSC)cc1. The van der Waals surface area contributed by atoms with Crippen molar-refractivity contribution in [1.29, 1.82) is 0 Å². The fourth-order valence-electron chi connectivity index (χ4n) is 1.55. The Balaban J connectivity index is 2.26. The molecule has 1 unspecified atom stereocenters. The molecule has 0 aromatic heterocycles. The molecular weight excluding hydrogens is 218 g/mol. The van der Waals surface area contributed by atoms with E-state index in [1.165, 1.54) is 11.3 Å². The van der Waals surface area contributed by atoms with Crippen LogP contribution in [0.15, 0.2) is 24.3 Å². The van der Waals surface area contributed by atoms with Crippen molar-refractivity contribution in [3.8, 4) is 5.75 Å². The maximum absolute atomic E-state index is 5.12. The molecule has 0 saturated carbocycles. The molecule has 0 aliphatic rings. The molecule has 0 spiro atoms. The van der Waals surface area contributed by atoms with Crippen molar-refractivity contribution in [3.05, 3.63) is 29.8 Å². The summed E-state index contributed by atoms with van der Waals surface area (Å²) < 4.78 is 5.12. The molecule has 1 aromatic rings. The molecule has 0 saturated heterocycles. The van der Waals surface area contributed by atoms with Crippen molar-refractivity contribution in [2.45, 2.75) is 13.5 Å². The van der Waals surface area contributed by atoms with Gasteiger partial charge >= 0.3 is 0 Å². The van der Waals surface area contributed by atoms with Crippen molar-refractivity contribution >= 4 is 11.8 Å². The van der Waals surface area contributed by atoms with Gasteiger partial charge in [0, 0.05) is 6.54 Å². The predicted octanol–water partition coefficient (Wildman–Crippen LogP) is 2.78. The van der Waals surface area contributed by atoms with Gasteiger partial charge < -0.3 is 10.1 Å². The molecule has 0 aliphatic carbocycles. The van der Waals surface area contributed by atoms with Gasteiger partial charge in [-0.2, -0.15) is 11.8 Å². The zero-order valence-electron chi connectivity index (χ0n) is 10.3. The molecule has 3 heteroatoms. The van der Waals surface area contributed by atoms with Crippen LogP contribution in [-0.4, -0.2) is 25.7 Å². The summed E-state index contributed by atoms with van der Waals surface area (Å²) in [4.78, 5) is 0. The molecule has 1 atom stereocenters. The highest BCUT2D eigenvalue weighted by Gasteiger charge is 2.00. The van der Waals surface area contributed by atoms with Crippen LogP contribution < -0.4 is 10.1 Å². The summed E-state index contributed by atoms with van der Waals surface area (Å²) in [6.45, 7) is 4.28. The highest BCUT2D eigenvalue weighted by molar-refractivity contribution is 7.98. The summed E-state index contributed by atoms with van der Waals surface area (Å²) in [5.41, 5.74) is 1.30. The van der Waals surface area contributed by atoms with Gasteiger partial charge in [-0.25, -0.2) is 0 Å². The minimum atomic E-state index is 0.730. The number of ether oxygens (including phenoxy) is 1. The molecule has 16 heavy (non-hydrogen) atoms. The third-order valence-corrected chi connectivity index (χ3v) is 3.33. The molecule has 0 aliphatic heterocycles. The molecule has 0 radical (unpaired) electrons. The predicted molar refractivity (Wildman–Crippen MR) is 72.2 cm³/mol. The van der Waals surface area contributed by atoms with Crippen molar-refractivity contribution in [2.75, 3.05) is 25.7 Å². The van der Waals surface area contributed by atoms with E-state index in [0.29, 0.717) is 0 Å². The van der Waals surface area contributed by atoms with Gasteiger partial charge in [0.1, 0.15) is 5.75 Å². The summed E-state index contributed by atoms with van der Waals surface area (Å²) in [7, 11) is 1.69. The minimum absolute atomic E-state index is 0.730. The second kappa shape index (κ2) is 7.58. The van der Waals surface area contributed by atoms with Crippen LogP contribution in [0.4, 0.5) is 0 Å². The van der Waals surface area contributed by atoms with Crippen LogP contribution in [0.25, 0.3) is 0 Å². The monoisotopic (exact) mass is 239 g/mol. The molecule has 2 nitrogen and oxygen atoms in total. The molecule has 90 valence electrons. The lowest BCUT2D eigenvalue weighted by atomic mass is 10.2. The highest BCUT2D eigenvalue weighted by atomic mass is 32.2. The smallest absolute Gasteiger partial charge is 0.118 e. The van der Waals surface area contributed by atoms with Crippen molar-refractivity contribution in [1.82, 2.24) is 5.32 Å². The van der Waals surface area contributed by atoms with Crippen LogP contribution in [0.3, 0.4) is 0 Å². The van der Waals surface area contributed by atoms with E-state index in [2.05, 4.69) is 30.6 Å². The van der Waals surface area contributed by atoms with Crippen molar-refractivity contribution in [3.63, 3.8) is 0 Å². The fraction of sp³-hybridized carbons (Fsp3) is 0.538. The largest absolute Gasteiger partial charge is 0.497 e. The van der Waals surface area contributed by atoms with Gasteiger partial charge in [0.15, 0.2) is 0 Å². The van der Waals surface area contributed by atoms with Gasteiger partial charge in [-0.3, -0.25) is 0 Å². The zero-order chi connectivity index (χ0) is 11.8. The summed E-state index contributed by atoms with van der Waals surface area (Å²) >= 11 is 1.90. The Bertz CT molecular complexity index is 286. The lowest BCUT2D eigenvalue weighted by Crippen LogP contribution is -2.21. The Kier molecular flexibility index (Phi) is 6.34. The number of benzene rings is 1. The lowest BCUT2D eigenvalue weighted by molar-refractivity contribution is 0.414. The number of rotatable bonds is 7. The molecule has 0 amide bonds. The van der Waals surface area contributed by atoms with Crippen LogP contribution in [-0.2, 0) is 6.54 Å². The van der Waals surface area contributed by atoms with E-state index < -0.39 is 0 Å². The summed E-state index contributed by atoms with van der Waals surface area (Å²) in [5.74, 6) is 2.86. The maximum Gasteiger partial charge on any atom is 0.118 e. The van der Waals surface area contributed by atoms with Crippen LogP contribution in [0.1, 0.15) is 12.5 Å². The Morgan fingerprint density at radius 2 is 2.00 bits per heavy atom. The first-order valence-corrected chi connectivity index (χ1v) is 6.98. The van der Waals surface area contributed by atoms with E-state index >= 15 is 0 Å². The Morgan fingerprint density at radius 1 is 1.31 bits per heavy atom. The molecule has 1 aromatic carbocycles. The second-order valence-electron chi connectivity index (χ2n) is 4.04. The van der Waals surface area contributed by atoms with Crippen LogP contribution >= 0.6 is 11.8 Å². The molecule has 0 fully saturated rings. The average Bonchev–Trinajstić information content (AvgIpc) is 2.30. The molecular formula is C13H21NOS. The quantitative estimate of drug-likeness (QED) is 0.790. The van der Waals surface area contributed by atoms with E-state index in [0.717, 1.165) is 24.8 Å². The first-order valence-electron chi connectivity index (χ1n) is 5.59. The Morgan fingerprint density at radius 3 is 2.56 bits per heavy atom. The minimum Gasteiger partial charge on any atom is -0.497 e. The maximum atomic E-state index is 5.12. The number of hydrogen-bond donors (Lipinski definition) is 1. The standard InChI is InChI=1S/C13H21NOS/c1-11(10-16-3)8-14-9-12-4-6-13(15-2)7-5-12/h4-7,11,14H,8-10H2,1-3H3. The summed E-state index contributed by atoms with van der Waals surface area (Å²) in [6.07, 6.45) is 2.15. The summed E-state index contributed by atoms with van der Waals surface area (Å²) in [6, 6.07) is 8.21. The number of methoxy groups -OCH3 is 1. The van der Waals surface area contributed by atoms with Gasteiger partial charge in [-0.1, -0.05) is 19.1 Å². The zero-order valence-corrected chi connectivity index (χ0v) is 11.1. The van der Waals surface area contributed by atoms with Gasteiger partial charge in [0.25, 0.3) is 0 Å². The first kappa shape index (κ1) is 13.4. The Hall–Kier alpha value is -0.670. The molecule has 1 N–H and O–H groups in total. The van der Waals surface area contributed by atoms with Crippen molar-refractivity contribution in [2.24, 2.45) is 5.92 Å². The third-order valence-electron chi connectivity index (χ3n) is 2.43. The topological polar surface area (TPSA) is 21.3 Å². The van der Waals surface area contributed by atoms with E-state index in [9.17, 15) is 0 Å². The van der Waals surface area contributed by atoms with Gasteiger partial charge in [0.05, 0.1) is 7.11 Å². The first-order chi connectivity index (χ1) is 7.76. The molecule has 0 bridgehead atoms. The third kappa shape index (κ3) is 4.90. The van der Waals surface area contributed by atoms with Crippen LogP contribution in [0.2, 0.25) is 0 Å². The number of nitrogens with one attached hydrogen (secondary N) is 1. The van der Waals surface area contributed by atoms with E-state index in [1.54, 1.807) is 7.11 Å². The van der Waals surface area contributed by atoms with Crippen LogP contribution in [0.5, 0.6) is 5.75 Å². The van der Waals surface area contributed by atoms with Gasteiger partial charge in [-0.05, 0) is 42.2 Å². The number of thioether (sulfide) groups is 1. The highest BCUT2D eigenvalue weighted by Crippen LogP contribution is 2.11. The average molecular weight is 239 g/mol. The molecule has 0 heterocycles. The lowest BCUT2D eigenvalue weighted by Gasteiger charge is -2.11. The van der Waals surface area contributed by atoms with Crippen molar-refractivity contribution < 1.29 is 4.74 Å². The molecule has 1 rings (SSSR count).